The summed E-state index contributed by atoms with van der Waals surface area (Å²) in [6, 6.07) is 0. The van der Waals surface area contributed by atoms with Crippen LogP contribution in [0.5, 0.6) is 5.88 Å². The molecular weight excluding hydrogens is 457 g/mol. The number of rotatable bonds is 6. The zero-order valence-electron chi connectivity index (χ0n) is 17.6. The van der Waals surface area contributed by atoms with E-state index in [1.807, 2.05) is 6.08 Å². The normalized spacial score (nSPS) is 32.9. The lowest BCUT2D eigenvalue weighted by Gasteiger charge is -2.55. The number of hydrogen-bond donors (Lipinski definition) is 3. The van der Waals surface area contributed by atoms with Crippen LogP contribution in [0.1, 0.15) is 39.3 Å². The number of aliphatic hydroxyl groups is 1. The van der Waals surface area contributed by atoms with Crippen molar-refractivity contribution in [3.05, 3.63) is 18.2 Å². The zero-order valence-corrected chi connectivity index (χ0v) is 19.3. The monoisotopic (exact) mass is 482 g/mol. The van der Waals surface area contributed by atoms with Crippen molar-refractivity contribution in [2.24, 2.45) is 17.3 Å². The van der Waals surface area contributed by atoms with Crippen LogP contribution in [0.2, 0.25) is 0 Å². The van der Waals surface area contributed by atoms with Gasteiger partial charge in [0, 0.05) is 18.2 Å². The molecule has 2 fully saturated rings. The fraction of sp³-hybridized carbons (Fsp3) is 0.632. The summed E-state index contributed by atoms with van der Waals surface area (Å²) in [6.45, 7) is 4.24. The molecule has 0 spiro atoms. The lowest BCUT2D eigenvalue weighted by molar-refractivity contribution is -0.272. The lowest BCUT2D eigenvalue weighted by Crippen LogP contribution is -2.48. The molecule has 6 atom stereocenters. The molecule has 32 heavy (non-hydrogen) atoms. The Kier molecular flexibility index (Phi) is 5.31. The molecule has 4 aliphatic rings. The highest BCUT2D eigenvalue weighted by Gasteiger charge is 2.54. The minimum absolute atomic E-state index is 0.0677. The summed E-state index contributed by atoms with van der Waals surface area (Å²) in [5.41, 5.74) is 6.00. The van der Waals surface area contributed by atoms with E-state index in [4.69, 9.17) is 31.8 Å². The maximum absolute atomic E-state index is 11.9. The van der Waals surface area contributed by atoms with Crippen molar-refractivity contribution in [1.29, 1.82) is 0 Å². The number of hydrogen-bond acceptors (Lipinski definition) is 11. The van der Waals surface area contributed by atoms with Gasteiger partial charge in [-0.1, -0.05) is 13.8 Å². The Balaban J connectivity index is 1.23. The summed E-state index contributed by atoms with van der Waals surface area (Å²) in [6.07, 6.45) is 3.22. The molecule has 2 aromatic heterocycles. The third-order valence-corrected chi connectivity index (χ3v) is 8.42. The van der Waals surface area contributed by atoms with Crippen LogP contribution < -0.4 is 10.8 Å². The van der Waals surface area contributed by atoms with Crippen molar-refractivity contribution in [1.82, 2.24) is 19.5 Å². The molecule has 0 radical (unpaired) electrons. The van der Waals surface area contributed by atoms with Gasteiger partial charge in [0.15, 0.2) is 11.4 Å². The number of allylic oxidation sites excluding steroid dienone is 2. The summed E-state index contributed by atoms with van der Waals surface area (Å²) >= 11 is 5.21. The van der Waals surface area contributed by atoms with Crippen LogP contribution in [0.15, 0.2) is 18.2 Å². The van der Waals surface area contributed by atoms with E-state index >= 15 is 0 Å². The molecule has 13 heteroatoms. The molecule has 0 amide bonds. The van der Waals surface area contributed by atoms with Crippen molar-refractivity contribution in [2.75, 3.05) is 12.3 Å². The van der Waals surface area contributed by atoms with Crippen molar-refractivity contribution in [3.63, 3.8) is 0 Å². The minimum Gasteiger partial charge on any atom is -0.857 e. The molecule has 3 heterocycles. The number of aliphatic hydroxyl groups excluding tert-OH is 1. The third-order valence-electron chi connectivity index (χ3n) is 6.96. The standard InChI is InChI=1S/C19H26N5O6PS/c1-19(2)9-3-4-12(10(19)5-9)30-31(27,32)28-7-13-11(25)6-14(29-13)24-8-21-15-16(24)22-18(20)23-17(15)26/h4,8-11,13-14,25H,3,5-7H2,1-2H3,(H,27,32)(H3,20,22,23,26)/p-1/t9-,10-,11+,13-,14-,31?/m1/s1. The molecule has 0 aromatic carbocycles. The van der Waals surface area contributed by atoms with Crippen molar-refractivity contribution >= 4 is 36.5 Å². The summed E-state index contributed by atoms with van der Waals surface area (Å²) in [4.78, 5) is 22.2. The van der Waals surface area contributed by atoms with Gasteiger partial charge in [-0.05, 0) is 30.3 Å². The van der Waals surface area contributed by atoms with Crippen LogP contribution in [0.4, 0.5) is 5.95 Å². The van der Waals surface area contributed by atoms with E-state index in [-0.39, 0.29) is 41.5 Å². The van der Waals surface area contributed by atoms with Gasteiger partial charge in [0.1, 0.15) is 24.5 Å². The molecule has 2 bridgehead atoms. The molecule has 1 saturated heterocycles. The quantitative estimate of drug-likeness (QED) is 0.402. The largest absolute Gasteiger partial charge is 0.857 e. The summed E-state index contributed by atoms with van der Waals surface area (Å²) in [5, 5.41) is 22.4. The van der Waals surface area contributed by atoms with Crippen LogP contribution in [0, 0.1) is 17.3 Å². The molecule has 2 aromatic rings. The first-order valence-electron chi connectivity index (χ1n) is 10.4. The number of aromatic nitrogens is 4. The molecule has 1 saturated carbocycles. The Morgan fingerprint density at radius 3 is 2.91 bits per heavy atom. The smallest absolute Gasteiger partial charge is 0.331 e. The Bertz CT molecular complexity index is 1080. The maximum Gasteiger partial charge on any atom is 0.331 e. The summed E-state index contributed by atoms with van der Waals surface area (Å²) < 4.78 is 18.7. The average Bonchev–Trinajstić information content (AvgIpc) is 3.29. The van der Waals surface area contributed by atoms with Crippen molar-refractivity contribution < 1.29 is 28.9 Å². The molecule has 174 valence electrons. The average molecular weight is 482 g/mol. The summed E-state index contributed by atoms with van der Waals surface area (Å²) in [7, 11) is -3.56. The lowest BCUT2D eigenvalue weighted by atomic mass is 9.50. The number of nitrogens with zero attached hydrogens (tertiary/aromatic N) is 4. The Morgan fingerprint density at radius 1 is 1.41 bits per heavy atom. The molecule has 6 rings (SSSR count). The second kappa shape index (κ2) is 7.68. The number of imidazole rings is 1. The van der Waals surface area contributed by atoms with Gasteiger partial charge in [-0.2, -0.15) is 9.51 Å². The molecular formula is C19H25N5O6PS-. The number of nitrogen functional groups attached to an aromatic ring is 1. The van der Waals surface area contributed by atoms with Crippen molar-refractivity contribution in [3.8, 4) is 5.88 Å². The van der Waals surface area contributed by atoms with Gasteiger partial charge in [-0.25, -0.2) is 14.9 Å². The van der Waals surface area contributed by atoms with Gasteiger partial charge < -0.3 is 37.5 Å². The molecule has 1 aliphatic heterocycles. The first-order valence-corrected chi connectivity index (χ1v) is 13.0. The van der Waals surface area contributed by atoms with Gasteiger partial charge in [0.2, 0.25) is 5.95 Å². The fourth-order valence-electron chi connectivity index (χ4n) is 4.88. The topological polar surface area (TPSA) is 161 Å². The zero-order chi connectivity index (χ0) is 22.8. The molecule has 11 nitrogen and oxygen atoms in total. The van der Waals surface area contributed by atoms with E-state index in [0.29, 0.717) is 11.7 Å². The number of nitrogens with two attached hydrogens (primary N) is 1. The van der Waals surface area contributed by atoms with Gasteiger partial charge in [0.25, 0.3) is 0 Å². The third kappa shape index (κ3) is 3.72. The Labute approximate surface area is 190 Å². The van der Waals surface area contributed by atoms with E-state index in [1.54, 1.807) is 0 Å². The second-order valence-corrected chi connectivity index (χ2v) is 11.9. The number of anilines is 1. The first kappa shape index (κ1) is 22.1. The van der Waals surface area contributed by atoms with Crippen LogP contribution in [0.3, 0.4) is 0 Å². The van der Waals surface area contributed by atoms with Gasteiger partial charge in [-0.3, -0.25) is 4.57 Å². The Hall–Kier alpha value is -1.69. The fourth-order valence-corrected chi connectivity index (χ4v) is 6.18. The predicted molar refractivity (Wildman–Crippen MR) is 115 cm³/mol. The highest BCUT2D eigenvalue weighted by Crippen LogP contribution is 2.65. The molecule has 4 N–H and O–H groups in total. The molecule has 1 unspecified atom stereocenters. The van der Waals surface area contributed by atoms with E-state index in [0.717, 1.165) is 12.8 Å². The van der Waals surface area contributed by atoms with Crippen LogP contribution in [-0.2, 0) is 26.0 Å². The van der Waals surface area contributed by atoms with Gasteiger partial charge in [-0.15, -0.1) is 0 Å². The molecule has 3 aliphatic carbocycles. The summed E-state index contributed by atoms with van der Waals surface area (Å²) in [5.74, 6) is 0.810. The number of ether oxygens (including phenoxy) is 1. The van der Waals surface area contributed by atoms with Crippen LogP contribution in [0.25, 0.3) is 11.2 Å². The second-order valence-electron chi connectivity index (χ2n) is 9.15. The van der Waals surface area contributed by atoms with E-state index in [9.17, 15) is 15.1 Å². The Morgan fingerprint density at radius 2 is 2.19 bits per heavy atom. The highest BCUT2D eigenvalue weighted by molar-refractivity contribution is 8.35. The van der Waals surface area contributed by atoms with E-state index < -0.39 is 31.5 Å². The van der Waals surface area contributed by atoms with E-state index in [1.165, 1.54) is 10.9 Å². The number of fused-ring (bicyclic) bond motifs is 2. The first-order chi connectivity index (χ1) is 15.0. The SMILES string of the molecule is CC1(C)[C@@H]2CC=C(O[P+](O)([S-])OC[C@H]3O[C@@H](n4cnc5c([O-])nc(N)nc54)C[C@@H]3O)[C@H]1C2. The van der Waals surface area contributed by atoms with Crippen molar-refractivity contribution in [2.45, 2.75) is 51.5 Å². The van der Waals surface area contributed by atoms with Crippen LogP contribution >= 0.6 is 7.15 Å². The minimum atomic E-state index is -3.56. The van der Waals surface area contributed by atoms with Gasteiger partial charge >= 0.3 is 7.15 Å². The van der Waals surface area contributed by atoms with Gasteiger partial charge in [0.05, 0.1) is 12.4 Å². The predicted octanol–water partition coefficient (Wildman–Crippen LogP) is 1.33. The van der Waals surface area contributed by atoms with Crippen LogP contribution in [-0.4, -0.2) is 48.3 Å². The van der Waals surface area contributed by atoms with E-state index in [2.05, 4.69) is 28.8 Å². The highest BCUT2D eigenvalue weighted by atomic mass is 32.7. The maximum atomic E-state index is 11.9.